The molecule has 1 fully saturated rings. The largest absolute Gasteiger partial charge is 0.466 e. The van der Waals surface area contributed by atoms with Crippen molar-refractivity contribution in [3.63, 3.8) is 0 Å². The van der Waals surface area contributed by atoms with E-state index in [0.29, 0.717) is 24.4 Å². The number of aromatic nitrogens is 1. The second-order valence-electron chi connectivity index (χ2n) is 6.24. The van der Waals surface area contributed by atoms with Gasteiger partial charge in [-0.1, -0.05) is 6.07 Å². The minimum atomic E-state index is -0.320. The number of aryl methyl sites for hydroxylation is 2. The van der Waals surface area contributed by atoms with Crippen molar-refractivity contribution in [2.75, 3.05) is 18.0 Å². The first-order valence-electron chi connectivity index (χ1n) is 8.26. The minimum absolute atomic E-state index is 0.155. The molecule has 128 valence electrons. The Morgan fingerprint density at radius 1 is 1.50 bits per heavy atom. The summed E-state index contributed by atoms with van der Waals surface area (Å²) in [5.41, 5.74) is 1.50. The summed E-state index contributed by atoms with van der Waals surface area (Å²) >= 11 is 0. The second-order valence-corrected chi connectivity index (χ2v) is 6.24. The Kier molecular flexibility index (Phi) is 4.85. The number of nitrogens with one attached hydrogen (secondary N) is 1. The van der Waals surface area contributed by atoms with Crippen LogP contribution in [-0.2, 0) is 6.54 Å². The van der Waals surface area contributed by atoms with Crippen molar-refractivity contribution in [1.82, 2.24) is 10.3 Å². The van der Waals surface area contributed by atoms with Gasteiger partial charge in [0.2, 0.25) is 0 Å². The number of hydrogen-bond acceptors (Lipinski definition) is 5. The van der Waals surface area contributed by atoms with E-state index in [1.165, 1.54) is 0 Å². The van der Waals surface area contributed by atoms with Gasteiger partial charge >= 0.3 is 0 Å². The third-order valence-corrected chi connectivity index (χ3v) is 4.29. The predicted molar refractivity (Wildman–Crippen MR) is 91.0 cm³/mol. The summed E-state index contributed by atoms with van der Waals surface area (Å²) in [6.07, 6.45) is 3.19. The molecule has 0 bridgehead atoms. The molecule has 3 heterocycles. The van der Waals surface area contributed by atoms with E-state index in [9.17, 15) is 9.90 Å². The van der Waals surface area contributed by atoms with Gasteiger partial charge < -0.3 is 19.7 Å². The smallest absolute Gasteiger partial charge is 0.255 e. The fraction of sp³-hybridized carbons (Fsp3) is 0.444. The molecule has 1 amide bonds. The minimum Gasteiger partial charge on any atom is -0.466 e. The first-order valence-corrected chi connectivity index (χ1v) is 8.26. The summed E-state index contributed by atoms with van der Waals surface area (Å²) in [7, 11) is 0. The Balaban J connectivity index is 1.71. The van der Waals surface area contributed by atoms with Crippen molar-refractivity contribution >= 4 is 11.7 Å². The fourth-order valence-corrected chi connectivity index (χ4v) is 3.13. The standard InChI is InChI=1S/C18H23N3O3/c1-12-9-16(13(2)24-12)18(23)20-10-14-5-3-7-19-17(14)21-8-4-6-15(22)11-21/h3,5,7,9,15,22H,4,6,8,10-11H2,1-2H3,(H,20,23)/t15-/m1/s1. The lowest BCUT2D eigenvalue weighted by molar-refractivity contribution is 0.0949. The number of nitrogens with zero attached hydrogens (tertiary/aromatic N) is 2. The van der Waals surface area contributed by atoms with E-state index in [2.05, 4.69) is 15.2 Å². The fourth-order valence-electron chi connectivity index (χ4n) is 3.13. The van der Waals surface area contributed by atoms with E-state index in [1.807, 2.05) is 19.1 Å². The normalized spacial score (nSPS) is 17.8. The highest BCUT2D eigenvalue weighted by molar-refractivity contribution is 5.95. The first-order chi connectivity index (χ1) is 11.5. The molecule has 1 atom stereocenters. The third-order valence-electron chi connectivity index (χ3n) is 4.29. The van der Waals surface area contributed by atoms with Crippen LogP contribution in [0, 0.1) is 13.8 Å². The van der Waals surface area contributed by atoms with E-state index >= 15 is 0 Å². The summed E-state index contributed by atoms with van der Waals surface area (Å²) in [6.45, 7) is 5.45. The Morgan fingerprint density at radius 3 is 3.04 bits per heavy atom. The van der Waals surface area contributed by atoms with Crippen LogP contribution in [0.1, 0.15) is 40.3 Å². The van der Waals surface area contributed by atoms with Gasteiger partial charge in [0.15, 0.2) is 0 Å². The summed E-state index contributed by atoms with van der Waals surface area (Å²) in [5, 5.41) is 12.8. The van der Waals surface area contributed by atoms with Crippen molar-refractivity contribution in [3.8, 4) is 0 Å². The third kappa shape index (κ3) is 3.59. The molecule has 0 spiro atoms. The molecule has 2 aromatic rings. The number of furan rings is 1. The first kappa shape index (κ1) is 16.5. The maximum atomic E-state index is 12.3. The highest BCUT2D eigenvalue weighted by Gasteiger charge is 2.21. The molecule has 3 rings (SSSR count). The summed E-state index contributed by atoms with van der Waals surface area (Å²) in [4.78, 5) is 18.9. The number of β-amino-alcohol motifs (C(OH)–C–C–N with tert-alkyl or cyclic N) is 1. The van der Waals surface area contributed by atoms with Gasteiger partial charge in [0.1, 0.15) is 17.3 Å². The van der Waals surface area contributed by atoms with Crippen LogP contribution in [0.5, 0.6) is 0 Å². The number of aliphatic hydroxyl groups excluding tert-OH is 1. The number of carbonyl (C=O) groups is 1. The summed E-state index contributed by atoms with van der Waals surface area (Å²) < 4.78 is 5.41. The zero-order valence-corrected chi connectivity index (χ0v) is 14.1. The van der Waals surface area contributed by atoms with Gasteiger partial charge in [-0.05, 0) is 38.8 Å². The van der Waals surface area contributed by atoms with Crippen LogP contribution >= 0.6 is 0 Å². The van der Waals surface area contributed by atoms with Gasteiger partial charge in [-0.15, -0.1) is 0 Å². The molecule has 1 saturated heterocycles. The molecule has 6 nitrogen and oxygen atoms in total. The molecule has 2 N–H and O–H groups in total. The highest BCUT2D eigenvalue weighted by Crippen LogP contribution is 2.22. The Labute approximate surface area is 141 Å². The van der Waals surface area contributed by atoms with Crippen LogP contribution in [0.2, 0.25) is 0 Å². The lowest BCUT2D eigenvalue weighted by Gasteiger charge is -2.32. The van der Waals surface area contributed by atoms with Crippen LogP contribution in [0.25, 0.3) is 0 Å². The van der Waals surface area contributed by atoms with E-state index in [1.54, 1.807) is 19.2 Å². The van der Waals surface area contributed by atoms with Gasteiger partial charge in [0.25, 0.3) is 5.91 Å². The number of piperidine rings is 1. The van der Waals surface area contributed by atoms with Crippen LogP contribution in [0.4, 0.5) is 5.82 Å². The molecule has 0 aliphatic carbocycles. The number of rotatable bonds is 4. The van der Waals surface area contributed by atoms with Gasteiger partial charge in [0.05, 0.1) is 11.7 Å². The van der Waals surface area contributed by atoms with Gasteiger partial charge in [0, 0.05) is 31.4 Å². The average Bonchev–Trinajstić information content (AvgIpc) is 2.91. The topological polar surface area (TPSA) is 78.6 Å². The van der Waals surface area contributed by atoms with Crippen LogP contribution < -0.4 is 10.2 Å². The Bertz CT molecular complexity index is 726. The molecule has 0 unspecified atom stereocenters. The van der Waals surface area contributed by atoms with Crippen LogP contribution in [0.3, 0.4) is 0 Å². The lowest BCUT2D eigenvalue weighted by atomic mass is 10.1. The van der Waals surface area contributed by atoms with Gasteiger partial charge in [-0.25, -0.2) is 4.98 Å². The molecule has 0 saturated carbocycles. The monoisotopic (exact) mass is 329 g/mol. The summed E-state index contributed by atoms with van der Waals surface area (Å²) in [5.74, 6) is 2.02. The lowest BCUT2D eigenvalue weighted by Crippen LogP contribution is -2.39. The average molecular weight is 329 g/mol. The molecular formula is C18H23N3O3. The van der Waals surface area contributed by atoms with E-state index in [4.69, 9.17) is 4.42 Å². The van der Waals surface area contributed by atoms with Crippen molar-refractivity contribution in [2.45, 2.75) is 39.3 Å². The van der Waals surface area contributed by atoms with Crippen molar-refractivity contribution in [2.24, 2.45) is 0 Å². The number of anilines is 1. The molecule has 0 aromatic carbocycles. The van der Waals surface area contributed by atoms with Crippen LogP contribution in [0.15, 0.2) is 28.8 Å². The van der Waals surface area contributed by atoms with Crippen molar-refractivity contribution < 1.29 is 14.3 Å². The Hall–Kier alpha value is -2.34. The second kappa shape index (κ2) is 7.05. The van der Waals surface area contributed by atoms with Crippen LogP contribution in [-0.4, -0.2) is 35.2 Å². The molecule has 6 heteroatoms. The highest BCUT2D eigenvalue weighted by atomic mass is 16.3. The SMILES string of the molecule is Cc1cc(C(=O)NCc2cccnc2N2CCC[C@@H](O)C2)c(C)o1. The number of aliphatic hydroxyl groups is 1. The maximum absolute atomic E-state index is 12.3. The van der Waals surface area contributed by atoms with Gasteiger partial charge in [-0.2, -0.15) is 0 Å². The zero-order chi connectivity index (χ0) is 17.1. The molecule has 0 radical (unpaired) electrons. The molecule has 2 aromatic heterocycles. The number of amides is 1. The van der Waals surface area contributed by atoms with Crippen molar-refractivity contribution in [3.05, 3.63) is 47.0 Å². The van der Waals surface area contributed by atoms with Crippen molar-refractivity contribution in [1.29, 1.82) is 0 Å². The molecular weight excluding hydrogens is 306 g/mol. The molecule has 1 aliphatic heterocycles. The van der Waals surface area contributed by atoms with E-state index < -0.39 is 0 Å². The molecule has 24 heavy (non-hydrogen) atoms. The number of pyridine rings is 1. The number of hydrogen-bond donors (Lipinski definition) is 2. The number of carbonyl (C=O) groups excluding carboxylic acids is 1. The van der Waals surface area contributed by atoms with Gasteiger partial charge in [-0.3, -0.25) is 4.79 Å². The quantitative estimate of drug-likeness (QED) is 0.899. The summed E-state index contributed by atoms with van der Waals surface area (Å²) in [6, 6.07) is 5.56. The van der Waals surface area contributed by atoms with E-state index in [0.717, 1.165) is 36.5 Å². The Morgan fingerprint density at radius 2 is 2.33 bits per heavy atom. The van der Waals surface area contributed by atoms with E-state index in [-0.39, 0.29) is 12.0 Å². The predicted octanol–water partition coefficient (Wildman–Crippen LogP) is 2.18. The molecule has 1 aliphatic rings. The zero-order valence-electron chi connectivity index (χ0n) is 14.1. The maximum Gasteiger partial charge on any atom is 0.255 e.